The molecule has 0 saturated heterocycles. The van der Waals surface area contributed by atoms with Crippen LogP contribution in [0, 0.1) is 0 Å². The second-order valence-corrected chi connectivity index (χ2v) is 4.25. The van der Waals surface area contributed by atoms with E-state index < -0.39 is 5.97 Å². The summed E-state index contributed by atoms with van der Waals surface area (Å²) in [4.78, 5) is 15.3. The van der Waals surface area contributed by atoms with E-state index in [0.29, 0.717) is 0 Å². The van der Waals surface area contributed by atoms with Gasteiger partial charge in [0.1, 0.15) is 0 Å². The summed E-state index contributed by atoms with van der Waals surface area (Å²) >= 11 is 0. The van der Waals surface area contributed by atoms with E-state index in [1.165, 1.54) is 0 Å². The molecule has 5 heteroatoms. The fraction of sp³-hybridized carbons (Fsp3) is 0.357. The number of hydrogen-bond acceptors (Lipinski definition) is 3. The lowest BCUT2D eigenvalue weighted by molar-refractivity contribution is -0.136. The van der Waals surface area contributed by atoms with Crippen molar-refractivity contribution in [1.29, 1.82) is 0 Å². The Hall–Kier alpha value is -2.17. The van der Waals surface area contributed by atoms with Crippen LogP contribution in [0.5, 0.6) is 0 Å². The SMILES string of the molecule is CCc1nn(-c2ccccn2)c(CC)c1CC(=O)O. The number of hydrogen-bond donors (Lipinski definition) is 1. The van der Waals surface area contributed by atoms with E-state index in [2.05, 4.69) is 10.1 Å². The molecule has 2 heterocycles. The molecule has 0 radical (unpaired) electrons. The highest BCUT2D eigenvalue weighted by atomic mass is 16.4. The molecule has 0 aliphatic rings. The van der Waals surface area contributed by atoms with E-state index >= 15 is 0 Å². The number of aryl methyl sites for hydroxylation is 1. The highest BCUT2D eigenvalue weighted by Gasteiger charge is 2.18. The Kier molecular flexibility index (Phi) is 3.94. The molecule has 0 saturated carbocycles. The van der Waals surface area contributed by atoms with E-state index in [1.54, 1.807) is 10.9 Å². The first-order chi connectivity index (χ1) is 9.17. The van der Waals surface area contributed by atoms with Gasteiger partial charge in [-0.3, -0.25) is 4.79 Å². The van der Waals surface area contributed by atoms with Gasteiger partial charge in [-0.2, -0.15) is 5.10 Å². The second kappa shape index (κ2) is 5.65. The molecule has 0 spiro atoms. The Labute approximate surface area is 111 Å². The quantitative estimate of drug-likeness (QED) is 0.892. The number of carboxylic acid groups (broad SMARTS) is 1. The number of rotatable bonds is 5. The molecule has 5 nitrogen and oxygen atoms in total. The minimum Gasteiger partial charge on any atom is -0.481 e. The third kappa shape index (κ3) is 2.65. The first-order valence-electron chi connectivity index (χ1n) is 6.40. The van der Waals surface area contributed by atoms with Crippen molar-refractivity contribution in [1.82, 2.24) is 14.8 Å². The average Bonchev–Trinajstić information content (AvgIpc) is 2.76. The molecule has 0 amide bonds. The molecule has 2 rings (SSSR count). The lowest BCUT2D eigenvalue weighted by atomic mass is 10.1. The van der Waals surface area contributed by atoms with Crippen molar-refractivity contribution in [3.05, 3.63) is 41.3 Å². The Morgan fingerprint density at radius 2 is 2.11 bits per heavy atom. The summed E-state index contributed by atoms with van der Waals surface area (Å²) in [6.07, 6.45) is 3.17. The highest BCUT2D eigenvalue weighted by Crippen LogP contribution is 2.20. The Morgan fingerprint density at radius 1 is 1.32 bits per heavy atom. The first kappa shape index (κ1) is 13.3. The van der Waals surface area contributed by atoms with Gasteiger partial charge in [0.25, 0.3) is 0 Å². The summed E-state index contributed by atoms with van der Waals surface area (Å²) in [6.45, 7) is 3.98. The van der Waals surface area contributed by atoms with Gasteiger partial charge in [-0.25, -0.2) is 9.67 Å². The maximum atomic E-state index is 11.0. The van der Waals surface area contributed by atoms with Gasteiger partial charge >= 0.3 is 5.97 Å². The summed E-state index contributed by atoms with van der Waals surface area (Å²) in [5, 5.41) is 13.5. The van der Waals surface area contributed by atoms with Crippen LogP contribution < -0.4 is 0 Å². The summed E-state index contributed by atoms with van der Waals surface area (Å²) in [6, 6.07) is 5.61. The van der Waals surface area contributed by atoms with E-state index in [4.69, 9.17) is 5.11 Å². The molecule has 2 aromatic heterocycles. The molecule has 0 aromatic carbocycles. The van der Waals surface area contributed by atoms with Gasteiger partial charge in [0, 0.05) is 17.5 Å². The van der Waals surface area contributed by atoms with Gasteiger partial charge in [-0.1, -0.05) is 19.9 Å². The van der Waals surface area contributed by atoms with Gasteiger partial charge in [-0.15, -0.1) is 0 Å². The van der Waals surface area contributed by atoms with Crippen LogP contribution in [-0.4, -0.2) is 25.8 Å². The van der Waals surface area contributed by atoms with Crippen LogP contribution in [0.25, 0.3) is 5.82 Å². The molecule has 100 valence electrons. The minimum absolute atomic E-state index is 0.0131. The van der Waals surface area contributed by atoms with Crippen LogP contribution in [0.2, 0.25) is 0 Å². The highest BCUT2D eigenvalue weighted by molar-refractivity contribution is 5.71. The minimum atomic E-state index is -0.829. The normalized spacial score (nSPS) is 10.6. The van der Waals surface area contributed by atoms with E-state index in [-0.39, 0.29) is 6.42 Å². The molecule has 1 N–H and O–H groups in total. The predicted octanol–water partition coefficient (Wildman–Crippen LogP) is 2.02. The molecule has 19 heavy (non-hydrogen) atoms. The summed E-state index contributed by atoms with van der Waals surface area (Å²) in [7, 11) is 0. The maximum absolute atomic E-state index is 11.0. The molecule has 0 fully saturated rings. The Bertz CT molecular complexity index is 576. The number of aromatic nitrogens is 3. The lowest BCUT2D eigenvalue weighted by Crippen LogP contribution is -2.07. The van der Waals surface area contributed by atoms with E-state index in [9.17, 15) is 4.79 Å². The van der Waals surface area contributed by atoms with Crippen molar-refractivity contribution in [3.63, 3.8) is 0 Å². The number of nitrogens with zero attached hydrogens (tertiary/aromatic N) is 3. The lowest BCUT2D eigenvalue weighted by Gasteiger charge is -2.05. The third-order valence-corrected chi connectivity index (χ3v) is 3.04. The van der Waals surface area contributed by atoms with Crippen molar-refractivity contribution in [3.8, 4) is 5.82 Å². The van der Waals surface area contributed by atoms with Crippen LogP contribution in [0.4, 0.5) is 0 Å². The average molecular weight is 259 g/mol. The number of carboxylic acids is 1. The summed E-state index contributed by atoms with van der Waals surface area (Å²) in [5.41, 5.74) is 2.59. The van der Waals surface area contributed by atoms with Crippen molar-refractivity contribution < 1.29 is 9.90 Å². The van der Waals surface area contributed by atoms with Crippen LogP contribution in [0.3, 0.4) is 0 Å². The number of aliphatic carboxylic acids is 1. The largest absolute Gasteiger partial charge is 0.481 e. The molecule has 2 aromatic rings. The number of carbonyl (C=O) groups is 1. The Morgan fingerprint density at radius 3 is 2.63 bits per heavy atom. The second-order valence-electron chi connectivity index (χ2n) is 4.25. The zero-order valence-corrected chi connectivity index (χ0v) is 11.1. The summed E-state index contributed by atoms with van der Waals surface area (Å²) < 4.78 is 1.76. The first-order valence-corrected chi connectivity index (χ1v) is 6.40. The topological polar surface area (TPSA) is 68.0 Å². The van der Waals surface area contributed by atoms with E-state index in [0.717, 1.165) is 35.6 Å². The van der Waals surface area contributed by atoms with Crippen LogP contribution >= 0.6 is 0 Å². The van der Waals surface area contributed by atoms with Crippen LogP contribution in [-0.2, 0) is 24.1 Å². The predicted molar refractivity (Wildman–Crippen MR) is 71.5 cm³/mol. The molecular formula is C14H17N3O2. The fourth-order valence-corrected chi connectivity index (χ4v) is 2.21. The van der Waals surface area contributed by atoms with Gasteiger partial charge in [0.15, 0.2) is 5.82 Å². The van der Waals surface area contributed by atoms with Gasteiger partial charge in [-0.05, 0) is 25.0 Å². The van der Waals surface area contributed by atoms with Crippen molar-refractivity contribution in [2.75, 3.05) is 0 Å². The summed E-state index contributed by atoms with van der Waals surface area (Å²) in [5.74, 6) is -0.101. The molecule has 0 atom stereocenters. The van der Waals surface area contributed by atoms with Crippen molar-refractivity contribution in [2.24, 2.45) is 0 Å². The standard InChI is InChI=1S/C14H17N3O2/c1-3-11-10(9-14(18)19)12(4-2)17(16-11)13-7-5-6-8-15-13/h5-8H,3-4,9H2,1-2H3,(H,18,19). The molecular weight excluding hydrogens is 242 g/mol. The molecule has 0 bridgehead atoms. The Balaban J connectivity index is 2.56. The van der Waals surface area contributed by atoms with Crippen LogP contribution in [0.15, 0.2) is 24.4 Å². The maximum Gasteiger partial charge on any atom is 0.307 e. The smallest absolute Gasteiger partial charge is 0.307 e. The van der Waals surface area contributed by atoms with Gasteiger partial charge < -0.3 is 5.11 Å². The zero-order valence-electron chi connectivity index (χ0n) is 11.1. The molecule has 0 aliphatic carbocycles. The van der Waals surface area contributed by atoms with Gasteiger partial charge in [0.05, 0.1) is 12.1 Å². The molecule has 0 unspecified atom stereocenters. The van der Waals surface area contributed by atoms with Crippen molar-refractivity contribution >= 4 is 5.97 Å². The third-order valence-electron chi connectivity index (χ3n) is 3.04. The van der Waals surface area contributed by atoms with Crippen LogP contribution in [0.1, 0.15) is 30.8 Å². The monoisotopic (exact) mass is 259 g/mol. The van der Waals surface area contributed by atoms with Crippen molar-refractivity contribution in [2.45, 2.75) is 33.1 Å². The fourth-order valence-electron chi connectivity index (χ4n) is 2.21. The van der Waals surface area contributed by atoms with E-state index in [1.807, 2.05) is 32.0 Å². The zero-order chi connectivity index (χ0) is 13.8. The molecule has 0 aliphatic heterocycles. The van der Waals surface area contributed by atoms with Gasteiger partial charge in [0.2, 0.25) is 0 Å². The number of pyridine rings is 1.